The van der Waals surface area contributed by atoms with Gasteiger partial charge in [0.2, 0.25) is 0 Å². The van der Waals surface area contributed by atoms with E-state index >= 15 is 0 Å². The van der Waals surface area contributed by atoms with E-state index in [0.29, 0.717) is 17.2 Å². The Kier molecular flexibility index (Phi) is 7.01. The minimum absolute atomic E-state index is 0.0255. The molecule has 32 heavy (non-hydrogen) atoms. The summed E-state index contributed by atoms with van der Waals surface area (Å²) in [5, 5.41) is 4.57. The quantitative estimate of drug-likeness (QED) is 0.354. The Balaban J connectivity index is 1.52. The number of alkyl halides is 2. The summed E-state index contributed by atoms with van der Waals surface area (Å²) in [6, 6.07) is 14.7. The minimum Gasteiger partial charge on any atom is -0.489 e. The number of aromatic nitrogens is 4. The molecule has 0 atom stereocenters. The Morgan fingerprint density at radius 3 is 2.41 bits per heavy atom. The minimum atomic E-state index is -0.570. The second kappa shape index (κ2) is 10.5. The van der Waals surface area contributed by atoms with Crippen LogP contribution in [-0.2, 0) is 13.2 Å². The average molecular weight is 436 g/mol. The van der Waals surface area contributed by atoms with Gasteiger partial charge in [0.05, 0.1) is 6.54 Å². The highest BCUT2D eigenvalue weighted by molar-refractivity contribution is 5.80. The van der Waals surface area contributed by atoms with Crippen molar-refractivity contribution in [1.82, 2.24) is 19.7 Å². The number of hydrogen-bond donors (Lipinski definition) is 0. The summed E-state index contributed by atoms with van der Waals surface area (Å²) < 4.78 is 38.1. The molecule has 0 saturated carbocycles. The van der Waals surface area contributed by atoms with E-state index in [1.807, 2.05) is 42.6 Å². The van der Waals surface area contributed by atoms with Crippen molar-refractivity contribution in [2.75, 3.05) is 20.0 Å². The topological polar surface area (TPSA) is 62.1 Å². The Labute approximate surface area is 184 Å². The van der Waals surface area contributed by atoms with Crippen molar-refractivity contribution in [3.63, 3.8) is 0 Å². The predicted molar refractivity (Wildman–Crippen MR) is 117 cm³/mol. The maximum absolute atomic E-state index is 12.9. The largest absolute Gasteiger partial charge is 0.489 e. The third kappa shape index (κ3) is 5.08. The first-order valence-corrected chi connectivity index (χ1v) is 10.2. The van der Waals surface area contributed by atoms with Gasteiger partial charge >= 0.3 is 0 Å². The second-order valence-electron chi connectivity index (χ2n) is 6.88. The van der Waals surface area contributed by atoms with Gasteiger partial charge in [-0.1, -0.05) is 0 Å². The monoisotopic (exact) mass is 436 g/mol. The van der Waals surface area contributed by atoms with Crippen LogP contribution < -0.4 is 9.47 Å². The molecular formula is C24H22F2N4O2. The number of hydrogen-bond acceptors (Lipinski definition) is 5. The van der Waals surface area contributed by atoms with E-state index in [9.17, 15) is 8.78 Å². The molecule has 4 aromatic rings. The van der Waals surface area contributed by atoms with Crippen molar-refractivity contribution in [1.29, 1.82) is 0 Å². The van der Waals surface area contributed by atoms with Crippen LogP contribution in [0.2, 0.25) is 0 Å². The van der Waals surface area contributed by atoms with Crippen LogP contribution in [0.3, 0.4) is 0 Å². The fourth-order valence-corrected chi connectivity index (χ4v) is 3.25. The van der Waals surface area contributed by atoms with Gasteiger partial charge in [0.15, 0.2) is 0 Å². The van der Waals surface area contributed by atoms with Gasteiger partial charge in [0, 0.05) is 35.9 Å². The Morgan fingerprint density at radius 2 is 1.66 bits per heavy atom. The number of pyridine rings is 2. The molecule has 1 aromatic carbocycles. The molecule has 0 unspecified atom stereocenters. The molecule has 0 saturated heterocycles. The lowest BCUT2D eigenvalue weighted by atomic mass is 10.0. The normalized spacial score (nSPS) is 10.8. The van der Waals surface area contributed by atoms with Crippen LogP contribution in [-0.4, -0.2) is 39.7 Å². The first-order chi connectivity index (χ1) is 15.8. The summed E-state index contributed by atoms with van der Waals surface area (Å²) in [5.41, 5.74) is 4.08. The molecule has 0 bridgehead atoms. The molecule has 0 N–H and O–H groups in total. The second-order valence-corrected chi connectivity index (χ2v) is 6.88. The lowest BCUT2D eigenvalue weighted by Crippen LogP contribution is -2.05. The molecular weight excluding hydrogens is 414 g/mol. The predicted octanol–water partition coefficient (Wildman–Crippen LogP) is 4.90. The Morgan fingerprint density at radius 1 is 0.844 bits per heavy atom. The highest BCUT2D eigenvalue weighted by Crippen LogP contribution is 2.32. The van der Waals surface area contributed by atoms with Crippen molar-refractivity contribution < 1.29 is 18.3 Å². The standard InChI is InChI=1S/C24H22F2N4O2/c25-9-14-30-16-21(18-7-12-27-13-8-18)24(29-30)19-3-5-20(6-4-19)32-17-22-23(31-15-10-26)2-1-11-28-22/h1-8,11-13,16H,9-10,14-15,17H2. The molecule has 0 spiro atoms. The molecule has 0 radical (unpaired) electrons. The maximum Gasteiger partial charge on any atom is 0.144 e. The zero-order valence-corrected chi connectivity index (χ0v) is 17.3. The number of rotatable bonds is 10. The summed E-state index contributed by atoms with van der Waals surface area (Å²) in [5.74, 6) is 1.15. The van der Waals surface area contributed by atoms with E-state index in [1.54, 1.807) is 35.4 Å². The van der Waals surface area contributed by atoms with Crippen LogP contribution in [0.15, 0.2) is 73.3 Å². The van der Waals surface area contributed by atoms with E-state index in [0.717, 1.165) is 22.4 Å². The number of ether oxygens (including phenoxy) is 2. The molecule has 0 aliphatic rings. The van der Waals surface area contributed by atoms with Gasteiger partial charge in [-0.3, -0.25) is 14.6 Å². The average Bonchev–Trinajstić information content (AvgIpc) is 3.27. The van der Waals surface area contributed by atoms with Crippen LogP contribution in [0, 0.1) is 0 Å². The summed E-state index contributed by atoms with van der Waals surface area (Å²) in [6.45, 7) is -0.707. The number of halogens is 2. The fraction of sp³-hybridized carbons (Fsp3) is 0.208. The summed E-state index contributed by atoms with van der Waals surface area (Å²) in [7, 11) is 0. The zero-order chi connectivity index (χ0) is 22.2. The molecule has 6 nitrogen and oxygen atoms in total. The Hall–Kier alpha value is -3.81. The summed E-state index contributed by atoms with van der Waals surface area (Å²) >= 11 is 0. The molecule has 0 amide bonds. The highest BCUT2D eigenvalue weighted by Gasteiger charge is 2.14. The van der Waals surface area contributed by atoms with E-state index in [2.05, 4.69) is 15.1 Å². The highest BCUT2D eigenvalue weighted by atomic mass is 19.1. The van der Waals surface area contributed by atoms with E-state index < -0.39 is 13.3 Å². The molecule has 4 rings (SSSR count). The van der Waals surface area contributed by atoms with Gasteiger partial charge in [-0.15, -0.1) is 0 Å². The number of benzene rings is 1. The van der Waals surface area contributed by atoms with Crippen LogP contribution in [0.5, 0.6) is 11.5 Å². The molecule has 0 aliphatic carbocycles. The molecule has 0 aliphatic heterocycles. The summed E-state index contributed by atoms with van der Waals surface area (Å²) in [6.07, 6.45) is 6.91. The van der Waals surface area contributed by atoms with E-state index in [1.165, 1.54) is 0 Å². The third-order valence-corrected chi connectivity index (χ3v) is 4.75. The van der Waals surface area contributed by atoms with Gasteiger partial charge in [-0.2, -0.15) is 5.10 Å². The van der Waals surface area contributed by atoms with Gasteiger partial charge in [-0.05, 0) is 54.1 Å². The van der Waals surface area contributed by atoms with E-state index in [4.69, 9.17) is 9.47 Å². The van der Waals surface area contributed by atoms with Crippen molar-refractivity contribution >= 4 is 0 Å². The molecule has 3 aromatic heterocycles. The van der Waals surface area contributed by atoms with Crippen LogP contribution in [0.1, 0.15) is 5.69 Å². The lowest BCUT2D eigenvalue weighted by molar-refractivity contribution is 0.253. The van der Waals surface area contributed by atoms with Crippen molar-refractivity contribution in [3.8, 4) is 33.9 Å². The molecule has 164 valence electrons. The Bertz CT molecular complexity index is 1130. The van der Waals surface area contributed by atoms with Crippen molar-refractivity contribution in [3.05, 3.63) is 79.0 Å². The number of nitrogens with zero attached hydrogens (tertiary/aromatic N) is 4. The molecule has 8 heteroatoms. The van der Waals surface area contributed by atoms with Gasteiger partial charge < -0.3 is 9.47 Å². The number of aryl methyl sites for hydroxylation is 1. The van der Waals surface area contributed by atoms with Crippen LogP contribution >= 0.6 is 0 Å². The van der Waals surface area contributed by atoms with Gasteiger partial charge in [0.25, 0.3) is 0 Å². The van der Waals surface area contributed by atoms with E-state index in [-0.39, 0.29) is 19.8 Å². The van der Waals surface area contributed by atoms with Crippen molar-refractivity contribution in [2.24, 2.45) is 0 Å². The molecule has 3 heterocycles. The zero-order valence-electron chi connectivity index (χ0n) is 17.3. The SMILES string of the molecule is FCCOc1cccnc1COc1ccc(-c2nn(CCF)cc2-c2ccncc2)cc1. The van der Waals surface area contributed by atoms with Crippen LogP contribution in [0.25, 0.3) is 22.4 Å². The smallest absolute Gasteiger partial charge is 0.144 e. The summed E-state index contributed by atoms with van der Waals surface area (Å²) in [4.78, 5) is 8.32. The van der Waals surface area contributed by atoms with Gasteiger partial charge in [0.1, 0.15) is 49.4 Å². The first kappa shape index (κ1) is 21.4. The van der Waals surface area contributed by atoms with Gasteiger partial charge in [-0.25, -0.2) is 8.78 Å². The molecule has 0 fully saturated rings. The van der Waals surface area contributed by atoms with Crippen molar-refractivity contribution in [2.45, 2.75) is 13.2 Å². The van der Waals surface area contributed by atoms with Crippen LogP contribution in [0.4, 0.5) is 8.78 Å². The maximum atomic E-state index is 12.9. The lowest BCUT2D eigenvalue weighted by Gasteiger charge is -2.11. The fourth-order valence-electron chi connectivity index (χ4n) is 3.25. The first-order valence-electron chi connectivity index (χ1n) is 10.2. The third-order valence-electron chi connectivity index (χ3n) is 4.75.